The van der Waals surface area contributed by atoms with E-state index in [0.717, 1.165) is 25.9 Å². The Balaban J connectivity index is 2.11. The number of carbonyl (C=O) groups excluding carboxylic acids is 1. The molecule has 2 N–H and O–H groups in total. The summed E-state index contributed by atoms with van der Waals surface area (Å²) in [4.78, 5) is 12.5. The summed E-state index contributed by atoms with van der Waals surface area (Å²) < 4.78 is 6.90. The molecule has 0 atom stereocenters. The van der Waals surface area contributed by atoms with Gasteiger partial charge in [0.15, 0.2) is 0 Å². The lowest BCUT2D eigenvalue weighted by Crippen LogP contribution is -2.47. The molecule has 1 aliphatic rings. The van der Waals surface area contributed by atoms with Crippen molar-refractivity contribution < 1.29 is 9.53 Å². The molecule has 1 aromatic rings. The maximum absolute atomic E-state index is 12.5. The van der Waals surface area contributed by atoms with Crippen molar-refractivity contribution in [1.82, 2.24) is 15.1 Å². The molecule has 100 valence electrons. The van der Waals surface area contributed by atoms with E-state index in [1.807, 2.05) is 0 Å². The predicted molar refractivity (Wildman–Crippen MR) is 68.3 cm³/mol. The topological polar surface area (TPSA) is 68.2 Å². The van der Waals surface area contributed by atoms with Crippen LogP contribution in [0.15, 0.2) is 12.3 Å². The fraction of sp³-hybridized carbons (Fsp3) is 0.667. The Labute approximate surface area is 107 Å². The Bertz CT molecular complexity index is 404. The molecule has 6 heteroatoms. The van der Waals surface area contributed by atoms with Crippen molar-refractivity contribution in [2.24, 2.45) is 12.5 Å². The number of carbonyl (C=O) groups is 1. The first-order chi connectivity index (χ1) is 8.68. The first-order valence-electron chi connectivity index (χ1n) is 6.17. The van der Waals surface area contributed by atoms with Crippen molar-refractivity contribution in [1.29, 1.82) is 0 Å². The normalized spacial score (nSPS) is 18.6. The second-order valence-electron chi connectivity index (χ2n) is 4.76. The number of ether oxygens (including phenoxy) is 1. The van der Waals surface area contributed by atoms with Crippen molar-refractivity contribution in [2.45, 2.75) is 12.8 Å². The lowest BCUT2D eigenvalue weighted by atomic mass is 9.78. The predicted octanol–water partition coefficient (Wildman–Crippen LogP) is 0.375. The van der Waals surface area contributed by atoms with Crippen LogP contribution in [0.1, 0.15) is 12.8 Å². The standard InChI is InChI=1S/C12H20N4O2/c1-16-10(3-6-14-16)15-11(17)12(9-18-2)4-7-13-8-5-12/h3,6,13H,4-5,7-9H2,1-2H3,(H,15,17). The number of aryl methyl sites for hydroxylation is 1. The van der Waals surface area contributed by atoms with Gasteiger partial charge in [-0.1, -0.05) is 0 Å². The molecule has 1 amide bonds. The fourth-order valence-electron chi connectivity index (χ4n) is 2.36. The van der Waals surface area contributed by atoms with Crippen LogP contribution in [-0.2, 0) is 16.6 Å². The van der Waals surface area contributed by atoms with Crippen molar-refractivity contribution in [3.05, 3.63) is 12.3 Å². The van der Waals surface area contributed by atoms with E-state index in [-0.39, 0.29) is 5.91 Å². The number of aromatic nitrogens is 2. The van der Waals surface area contributed by atoms with Gasteiger partial charge in [0.05, 0.1) is 18.2 Å². The quantitative estimate of drug-likeness (QED) is 0.812. The van der Waals surface area contributed by atoms with E-state index in [4.69, 9.17) is 4.74 Å². The maximum atomic E-state index is 12.5. The van der Waals surface area contributed by atoms with Crippen molar-refractivity contribution in [2.75, 3.05) is 32.1 Å². The molecule has 0 spiro atoms. The molecular formula is C12H20N4O2. The average Bonchev–Trinajstić information content (AvgIpc) is 2.76. The van der Waals surface area contributed by atoms with Gasteiger partial charge in [0, 0.05) is 20.2 Å². The van der Waals surface area contributed by atoms with Crippen LogP contribution in [0.4, 0.5) is 5.82 Å². The van der Waals surface area contributed by atoms with Gasteiger partial charge in [-0.2, -0.15) is 5.10 Å². The van der Waals surface area contributed by atoms with Crippen LogP contribution in [0.25, 0.3) is 0 Å². The lowest BCUT2D eigenvalue weighted by molar-refractivity contribution is -0.130. The Hall–Kier alpha value is -1.40. The molecule has 0 bridgehead atoms. The lowest BCUT2D eigenvalue weighted by Gasteiger charge is -2.35. The highest BCUT2D eigenvalue weighted by atomic mass is 16.5. The Morgan fingerprint density at radius 2 is 2.33 bits per heavy atom. The first-order valence-corrected chi connectivity index (χ1v) is 6.17. The van der Waals surface area contributed by atoms with Crippen molar-refractivity contribution in [3.63, 3.8) is 0 Å². The summed E-state index contributed by atoms with van der Waals surface area (Å²) >= 11 is 0. The molecule has 1 fully saturated rings. The van der Waals surface area contributed by atoms with E-state index in [1.165, 1.54) is 0 Å². The van der Waals surface area contributed by atoms with Crippen LogP contribution < -0.4 is 10.6 Å². The van der Waals surface area contributed by atoms with Crippen LogP contribution in [-0.4, -0.2) is 42.5 Å². The summed E-state index contributed by atoms with van der Waals surface area (Å²) in [7, 11) is 3.45. The second-order valence-corrected chi connectivity index (χ2v) is 4.76. The third kappa shape index (κ3) is 2.54. The minimum atomic E-state index is -0.426. The van der Waals surface area contributed by atoms with Gasteiger partial charge >= 0.3 is 0 Å². The molecule has 0 saturated carbocycles. The van der Waals surface area contributed by atoms with Gasteiger partial charge in [0.25, 0.3) is 0 Å². The SMILES string of the molecule is COCC1(C(=O)Nc2ccnn2C)CCNCC1. The number of piperidine rings is 1. The number of anilines is 1. The number of hydrogen-bond acceptors (Lipinski definition) is 4. The number of nitrogens with one attached hydrogen (secondary N) is 2. The molecule has 18 heavy (non-hydrogen) atoms. The molecule has 1 saturated heterocycles. The van der Waals surface area contributed by atoms with Gasteiger partial charge < -0.3 is 15.4 Å². The van der Waals surface area contributed by atoms with Crippen LogP contribution in [0.5, 0.6) is 0 Å². The molecule has 2 heterocycles. The minimum absolute atomic E-state index is 0.0226. The Morgan fingerprint density at radius 1 is 1.61 bits per heavy atom. The molecule has 1 aliphatic heterocycles. The number of rotatable bonds is 4. The zero-order chi connectivity index (χ0) is 13.0. The van der Waals surface area contributed by atoms with Gasteiger partial charge in [0.1, 0.15) is 5.82 Å². The van der Waals surface area contributed by atoms with Gasteiger partial charge in [-0.05, 0) is 25.9 Å². The minimum Gasteiger partial charge on any atom is -0.384 e. The molecule has 0 radical (unpaired) electrons. The number of amides is 1. The van der Waals surface area contributed by atoms with Crippen LogP contribution >= 0.6 is 0 Å². The number of hydrogen-bond donors (Lipinski definition) is 2. The van der Waals surface area contributed by atoms with Crippen molar-refractivity contribution in [3.8, 4) is 0 Å². The summed E-state index contributed by atoms with van der Waals surface area (Å²) in [6, 6.07) is 1.79. The van der Waals surface area contributed by atoms with E-state index < -0.39 is 5.41 Å². The number of methoxy groups -OCH3 is 1. The van der Waals surface area contributed by atoms with E-state index in [2.05, 4.69) is 15.7 Å². The molecule has 0 aliphatic carbocycles. The third-order valence-corrected chi connectivity index (χ3v) is 3.53. The highest BCUT2D eigenvalue weighted by Gasteiger charge is 2.39. The highest BCUT2D eigenvalue weighted by molar-refractivity contribution is 5.94. The molecule has 2 rings (SSSR count). The first kappa shape index (κ1) is 13.0. The average molecular weight is 252 g/mol. The zero-order valence-corrected chi connectivity index (χ0v) is 10.9. The van der Waals surface area contributed by atoms with Crippen LogP contribution in [0.2, 0.25) is 0 Å². The molecule has 0 aromatic carbocycles. The number of nitrogens with zero attached hydrogens (tertiary/aromatic N) is 2. The van der Waals surface area contributed by atoms with Gasteiger partial charge in [0.2, 0.25) is 5.91 Å². The molecule has 0 unspecified atom stereocenters. The van der Waals surface area contributed by atoms with Gasteiger partial charge in [-0.15, -0.1) is 0 Å². The summed E-state index contributed by atoms with van der Waals surface area (Å²) in [6.07, 6.45) is 3.26. The van der Waals surface area contributed by atoms with Gasteiger partial charge in [-0.25, -0.2) is 0 Å². The molecule has 6 nitrogen and oxygen atoms in total. The van der Waals surface area contributed by atoms with Crippen LogP contribution in [0.3, 0.4) is 0 Å². The Morgan fingerprint density at radius 3 is 2.89 bits per heavy atom. The van der Waals surface area contributed by atoms with E-state index in [0.29, 0.717) is 12.4 Å². The molecular weight excluding hydrogens is 232 g/mol. The smallest absolute Gasteiger partial charge is 0.234 e. The monoisotopic (exact) mass is 252 g/mol. The Kier molecular flexibility index (Phi) is 3.98. The second kappa shape index (κ2) is 5.49. The summed E-state index contributed by atoms with van der Waals surface area (Å²) in [5.74, 6) is 0.739. The zero-order valence-electron chi connectivity index (χ0n) is 10.9. The maximum Gasteiger partial charge on any atom is 0.234 e. The van der Waals surface area contributed by atoms with E-state index in [1.54, 1.807) is 31.1 Å². The summed E-state index contributed by atoms with van der Waals surface area (Å²) in [5, 5.41) is 10.3. The van der Waals surface area contributed by atoms with E-state index in [9.17, 15) is 4.79 Å². The van der Waals surface area contributed by atoms with Crippen molar-refractivity contribution >= 4 is 11.7 Å². The largest absolute Gasteiger partial charge is 0.384 e. The van der Waals surface area contributed by atoms with Crippen LogP contribution in [0, 0.1) is 5.41 Å². The molecule has 1 aromatic heterocycles. The highest BCUT2D eigenvalue weighted by Crippen LogP contribution is 2.30. The van der Waals surface area contributed by atoms with E-state index >= 15 is 0 Å². The third-order valence-electron chi connectivity index (χ3n) is 3.53. The summed E-state index contributed by atoms with van der Waals surface area (Å²) in [6.45, 7) is 2.16. The fourth-order valence-corrected chi connectivity index (χ4v) is 2.36. The van der Waals surface area contributed by atoms with Gasteiger partial charge in [-0.3, -0.25) is 9.48 Å². The summed E-state index contributed by atoms with van der Waals surface area (Å²) in [5.41, 5.74) is -0.426.